The molecule has 1 aliphatic heterocycles. The first kappa shape index (κ1) is 28.4. The van der Waals surface area contributed by atoms with E-state index in [0.29, 0.717) is 29.2 Å². The van der Waals surface area contributed by atoms with Gasteiger partial charge in [-0.15, -0.1) is 0 Å². The number of halogens is 1. The van der Waals surface area contributed by atoms with Gasteiger partial charge < -0.3 is 10.1 Å². The van der Waals surface area contributed by atoms with Crippen molar-refractivity contribution in [1.29, 1.82) is 0 Å². The number of rotatable bonds is 8. The summed E-state index contributed by atoms with van der Waals surface area (Å²) in [7, 11) is 1.95. The lowest BCUT2D eigenvalue weighted by Gasteiger charge is -2.35. The fourth-order valence-electron chi connectivity index (χ4n) is 5.01. The van der Waals surface area contributed by atoms with E-state index in [1.54, 1.807) is 4.90 Å². The molecule has 4 aromatic rings. The fraction of sp³-hybridized carbons (Fsp3) is 0.258. The largest absolute Gasteiger partial charge is 0.439 e. The van der Waals surface area contributed by atoms with Crippen LogP contribution in [0, 0.1) is 5.82 Å². The van der Waals surface area contributed by atoms with Crippen molar-refractivity contribution in [3.05, 3.63) is 119 Å². The lowest BCUT2D eigenvalue weighted by Crippen LogP contribution is -2.43. The number of aromatic nitrogens is 2. The van der Waals surface area contributed by atoms with Crippen molar-refractivity contribution in [1.82, 2.24) is 20.0 Å². The van der Waals surface area contributed by atoms with Crippen LogP contribution in [0.4, 0.5) is 15.0 Å². The van der Waals surface area contributed by atoms with Crippen molar-refractivity contribution in [3.63, 3.8) is 0 Å². The molecule has 10 heteroatoms. The number of anilines is 1. The Kier molecular flexibility index (Phi) is 8.14. The highest BCUT2D eigenvalue weighted by molar-refractivity contribution is 7.80. The third-order valence-corrected chi connectivity index (χ3v) is 8.05. The molecule has 0 bridgehead atoms. The third-order valence-electron chi connectivity index (χ3n) is 7.38. The Morgan fingerprint density at radius 3 is 2.37 bits per heavy atom. The van der Waals surface area contributed by atoms with Gasteiger partial charge in [-0.05, 0) is 56.3 Å². The first-order valence-corrected chi connectivity index (χ1v) is 13.8. The number of benzene rings is 3. The number of carbonyl (C=O) groups excluding carboxylic acids is 2. The molecule has 0 spiro atoms. The molecule has 0 aliphatic carbocycles. The molecule has 0 radical (unpaired) electrons. The lowest BCUT2D eigenvalue weighted by molar-refractivity contribution is 0.0165. The number of nitrogens with one attached hydrogen (secondary N) is 2. The van der Waals surface area contributed by atoms with Crippen LogP contribution in [0.2, 0.25) is 0 Å². The van der Waals surface area contributed by atoms with Crippen molar-refractivity contribution < 1.29 is 18.7 Å². The zero-order valence-corrected chi connectivity index (χ0v) is 23.9. The normalized spacial score (nSPS) is 15.3. The van der Waals surface area contributed by atoms with E-state index in [4.69, 9.17) is 17.4 Å². The van der Waals surface area contributed by atoms with E-state index in [2.05, 4.69) is 15.5 Å². The number of amides is 2. The van der Waals surface area contributed by atoms with Crippen molar-refractivity contribution in [2.45, 2.75) is 44.0 Å². The minimum atomic E-state index is -0.790. The summed E-state index contributed by atoms with van der Waals surface area (Å²) in [6.07, 6.45) is -1.18. The van der Waals surface area contributed by atoms with Gasteiger partial charge in [0.2, 0.25) is 0 Å². The average Bonchev–Trinajstić information content (AvgIpc) is 3.49. The number of hydrogen-bond donors (Lipinski definition) is 3. The van der Waals surface area contributed by atoms with Crippen LogP contribution in [-0.2, 0) is 23.4 Å². The summed E-state index contributed by atoms with van der Waals surface area (Å²) in [5.74, 6) is -0.546. The number of hydrogen-bond acceptors (Lipinski definition) is 6. The van der Waals surface area contributed by atoms with E-state index in [1.165, 1.54) is 24.3 Å². The maximum absolute atomic E-state index is 13.8. The van der Waals surface area contributed by atoms with E-state index < -0.39 is 34.8 Å². The average molecular weight is 574 g/mol. The quantitative estimate of drug-likeness (QED) is 0.175. The summed E-state index contributed by atoms with van der Waals surface area (Å²) in [4.78, 5) is 30.2. The molecule has 2 N–H and O–H groups in total. The van der Waals surface area contributed by atoms with Crippen molar-refractivity contribution in [2.24, 2.45) is 0 Å². The van der Waals surface area contributed by atoms with Crippen molar-refractivity contribution >= 4 is 30.4 Å². The first-order valence-electron chi connectivity index (χ1n) is 13.2. The zero-order valence-electron chi connectivity index (χ0n) is 23.0. The summed E-state index contributed by atoms with van der Waals surface area (Å²) < 4.78 is 19.5. The number of likely N-dealkylation sites (N-methyl/N-ethyl adjacent to an activating group) is 1. The maximum Gasteiger partial charge on any atom is 0.411 e. The van der Waals surface area contributed by atoms with Gasteiger partial charge in [0, 0.05) is 17.7 Å². The zero-order chi connectivity index (χ0) is 29.1. The Labute approximate surface area is 243 Å². The standard InChI is InChI=1S/C31H32FN5O3S/c1-31(2)26-24(27(35-34-26)33-28(38)22-14-16-23(32)17-15-22)19-37(31)30(39)40-25(21-12-8-5-9-13-21)29(41)36(3)18-20-10-6-4-7-11-20/h4-17,25,29,41H,18-19H2,1-3H3,(H2,33,34,35,38)/t25-,29?/m0/s1. The monoisotopic (exact) mass is 573 g/mol. The molecule has 1 unspecified atom stereocenters. The van der Waals surface area contributed by atoms with Gasteiger partial charge in [-0.1, -0.05) is 60.7 Å². The molecule has 0 saturated carbocycles. The molecule has 1 aromatic heterocycles. The van der Waals surface area contributed by atoms with Crippen LogP contribution in [0.1, 0.15) is 52.7 Å². The van der Waals surface area contributed by atoms with E-state index >= 15 is 0 Å². The second kappa shape index (κ2) is 11.8. The van der Waals surface area contributed by atoms with Crippen LogP contribution >= 0.6 is 12.6 Å². The predicted octanol–water partition coefficient (Wildman–Crippen LogP) is 6.12. The van der Waals surface area contributed by atoms with Crippen LogP contribution in [-0.4, -0.2) is 44.4 Å². The Balaban J connectivity index is 1.34. The number of fused-ring (bicyclic) bond motifs is 1. The van der Waals surface area contributed by atoms with Crippen LogP contribution in [0.3, 0.4) is 0 Å². The maximum atomic E-state index is 13.8. The predicted molar refractivity (Wildman–Crippen MR) is 158 cm³/mol. The van der Waals surface area contributed by atoms with Crippen LogP contribution in [0.15, 0.2) is 84.9 Å². The highest BCUT2D eigenvalue weighted by Crippen LogP contribution is 2.42. The van der Waals surface area contributed by atoms with E-state index in [-0.39, 0.29) is 6.54 Å². The Morgan fingerprint density at radius 1 is 1.07 bits per heavy atom. The second-order valence-electron chi connectivity index (χ2n) is 10.6. The van der Waals surface area contributed by atoms with E-state index in [0.717, 1.165) is 11.1 Å². The van der Waals surface area contributed by atoms with E-state index in [1.807, 2.05) is 86.5 Å². The van der Waals surface area contributed by atoms with Gasteiger partial charge in [-0.3, -0.25) is 19.7 Å². The summed E-state index contributed by atoms with van der Waals surface area (Å²) in [5.41, 5.74) is 2.83. The van der Waals surface area contributed by atoms with Gasteiger partial charge in [-0.25, -0.2) is 9.18 Å². The molecule has 0 saturated heterocycles. The lowest BCUT2D eigenvalue weighted by atomic mass is 10.0. The summed E-state index contributed by atoms with van der Waals surface area (Å²) in [5, 5.41) is 9.61. The van der Waals surface area contributed by atoms with Gasteiger partial charge in [0.1, 0.15) is 5.82 Å². The molecular weight excluding hydrogens is 541 g/mol. The Morgan fingerprint density at radius 2 is 1.71 bits per heavy atom. The molecule has 2 heterocycles. The minimum Gasteiger partial charge on any atom is -0.439 e. The van der Waals surface area contributed by atoms with Gasteiger partial charge in [-0.2, -0.15) is 17.7 Å². The summed E-state index contributed by atoms with van der Waals surface area (Å²) in [6.45, 7) is 4.58. The number of carbonyl (C=O) groups is 2. The molecule has 5 rings (SSSR count). The van der Waals surface area contributed by atoms with Crippen molar-refractivity contribution in [2.75, 3.05) is 12.4 Å². The molecule has 212 valence electrons. The highest BCUT2D eigenvalue weighted by Gasteiger charge is 2.45. The van der Waals surface area contributed by atoms with Gasteiger partial charge >= 0.3 is 6.09 Å². The third kappa shape index (κ3) is 5.98. The highest BCUT2D eigenvalue weighted by atomic mass is 32.1. The smallest absolute Gasteiger partial charge is 0.411 e. The first-order chi connectivity index (χ1) is 19.6. The summed E-state index contributed by atoms with van der Waals surface area (Å²) >= 11 is 4.90. The fourth-order valence-corrected chi connectivity index (χ4v) is 5.32. The molecule has 2 atom stereocenters. The topological polar surface area (TPSA) is 90.6 Å². The van der Waals surface area contributed by atoms with Crippen LogP contribution in [0.5, 0.6) is 0 Å². The molecule has 1 aliphatic rings. The molecular formula is C31H32FN5O3S. The van der Waals surface area contributed by atoms with Gasteiger partial charge in [0.05, 0.1) is 23.2 Å². The molecule has 2 amide bonds. The second-order valence-corrected chi connectivity index (χ2v) is 11.1. The van der Waals surface area contributed by atoms with Crippen LogP contribution < -0.4 is 5.32 Å². The number of ether oxygens (including phenoxy) is 1. The number of nitrogens with zero attached hydrogens (tertiary/aromatic N) is 3. The molecule has 8 nitrogen and oxygen atoms in total. The molecule has 3 aromatic carbocycles. The number of H-pyrrole nitrogens is 1. The van der Waals surface area contributed by atoms with Gasteiger partial charge in [0.15, 0.2) is 11.9 Å². The Hall–Kier alpha value is -4.15. The SMILES string of the molecule is CN(Cc1ccccc1)C(S)[C@@H](OC(=O)N1Cc2c(NC(=O)c3ccc(F)cc3)n[nH]c2C1(C)C)c1ccccc1. The molecule has 0 fully saturated rings. The molecule has 41 heavy (non-hydrogen) atoms. The van der Waals surface area contributed by atoms with Crippen LogP contribution in [0.25, 0.3) is 0 Å². The summed E-state index contributed by atoms with van der Waals surface area (Å²) in [6, 6.07) is 24.8. The van der Waals surface area contributed by atoms with E-state index in [9.17, 15) is 14.0 Å². The van der Waals surface area contributed by atoms with Gasteiger partial charge in [0.25, 0.3) is 5.91 Å². The Bertz CT molecular complexity index is 1510. The number of aromatic amines is 1. The number of thiol groups is 1. The van der Waals surface area contributed by atoms with Crippen molar-refractivity contribution in [3.8, 4) is 0 Å². The minimum absolute atomic E-state index is 0.176.